The number of fused-ring (bicyclic) bond motifs is 1. The lowest BCUT2D eigenvalue weighted by Gasteiger charge is -2.27. The van der Waals surface area contributed by atoms with E-state index in [-0.39, 0.29) is 64.4 Å². The Morgan fingerprint density at radius 3 is 2.47 bits per heavy atom. The van der Waals surface area contributed by atoms with Crippen molar-refractivity contribution in [3.05, 3.63) is 76.0 Å². The second kappa shape index (κ2) is 10.0. The standard InChI is InChI=1S/C22H17N3O5S2.2ClH/c1-2-30-19-6-4-3-5-16(19)22(20(24)26)17-11-14(12-23)7-8-18(17)25(21(22)27)32(28,29)15-9-10-31-13-15;;/h3-11,13H,2H2,1H3,(H2,24,26);2*1H. The fourth-order valence-corrected chi connectivity index (χ4v) is 6.37. The molecule has 1 unspecified atom stereocenters. The Kier molecular flexibility index (Phi) is 8.01. The van der Waals surface area contributed by atoms with Crippen LogP contribution in [-0.4, -0.2) is 26.8 Å². The maximum absolute atomic E-state index is 13.9. The Labute approximate surface area is 212 Å². The van der Waals surface area contributed by atoms with Crippen LogP contribution in [0.2, 0.25) is 0 Å². The average molecular weight is 540 g/mol. The highest BCUT2D eigenvalue weighted by Crippen LogP contribution is 2.50. The number of ether oxygens (including phenoxy) is 1. The van der Waals surface area contributed by atoms with Crippen molar-refractivity contribution in [3.63, 3.8) is 0 Å². The third kappa shape index (κ3) is 3.80. The van der Waals surface area contributed by atoms with Crippen molar-refractivity contribution in [2.45, 2.75) is 17.2 Å². The van der Waals surface area contributed by atoms with Crippen LogP contribution >= 0.6 is 36.2 Å². The molecule has 1 atom stereocenters. The van der Waals surface area contributed by atoms with Gasteiger partial charge in [-0.05, 0) is 42.6 Å². The molecule has 0 saturated carbocycles. The first kappa shape index (κ1) is 27.1. The van der Waals surface area contributed by atoms with Crippen molar-refractivity contribution in [3.8, 4) is 11.8 Å². The molecule has 0 radical (unpaired) electrons. The van der Waals surface area contributed by atoms with Crippen LogP contribution in [0.25, 0.3) is 0 Å². The van der Waals surface area contributed by atoms with Gasteiger partial charge in [-0.15, -0.1) is 24.8 Å². The van der Waals surface area contributed by atoms with Gasteiger partial charge in [-0.2, -0.15) is 16.6 Å². The number of primary amides is 1. The van der Waals surface area contributed by atoms with Gasteiger partial charge in [-0.1, -0.05) is 18.2 Å². The molecule has 1 aromatic heterocycles. The van der Waals surface area contributed by atoms with Gasteiger partial charge >= 0.3 is 0 Å². The summed E-state index contributed by atoms with van der Waals surface area (Å²) in [5, 5.41) is 12.4. The molecule has 34 heavy (non-hydrogen) atoms. The normalized spacial score (nSPS) is 16.6. The summed E-state index contributed by atoms with van der Waals surface area (Å²) in [7, 11) is -4.35. The molecule has 1 aliphatic rings. The summed E-state index contributed by atoms with van der Waals surface area (Å²) in [5.41, 5.74) is 3.87. The number of nitriles is 1. The van der Waals surface area contributed by atoms with Crippen LogP contribution in [0.4, 0.5) is 5.69 Å². The fourth-order valence-electron chi connectivity index (χ4n) is 3.89. The molecule has 2 N–H and O–H groups in total. The van der Waals surface area contributed by atoms with E-state index >= 15 is 0 Å². The maximum Gasteiger partial charge on any atom is 0.271 e. The van der Waals surface area contributed by atoms with Crippen LogP contribution < -0.4 is 14.8 Å². The Hall–Kier alpha value is -3.10. The molecule has 4 rings (SSSR count). The van der Waals surface area contributed by atoms with E-state index in [0.717, 1.165) is 11.3 Å². The average Bonchev–Trinajstić information content (AvgIpc) is 3.40. The van der Waals surface area contributed by atoms with Crippen LogP contribution in [0.5, 0.6) is 5.75 Å². The summed E-state index contributed by atoms with van der Waals surface area (Å²) in [6, 6.07) is 13.7. The number of carbonyl (C=O) groups excluding carboxylic acids is 2. The number of anilines is 1. The third-order valence-corrected chi connectivity index (χ3v) is 7.77. The van der Waals surface area contributed by atoms with Crippen molar-refractivity contribution in [2.24, 2.45) is 5.73 Å². The number of nitrogens with zero attached hydrogens (tertiary/aromatic N) is 2. The van der Waals surface area contributed by atoms with Gasteiger partial charge in [0.1, 0.15) is 5.75 Å². The quantitative estimate of drug-likeness (QED) is 0.477. The molecule has 0 bridgehead atoms. The van der Waals surface area contributed by atoms with Gasteiger partial charge in [0.25, 0.3) is 15.9 Å². The van der Waals surface area contributed by atoms with Crippen molar-refractivity contribution in [2.75, 3.05) is 10.9 Å². The zero-order valence-corrected chi connectivity index (χ0v) is 20.9. The minimum atomic E-state index is -4.35. The zero-order chi connectivity index (χ0) is 23.1. The topological polar surface area (TPSA) is 131 Å². The van der Waals surface area contributed by atoms with Gasteiger partial charge in [0.15, 0.2) is 5.41 Å². The molecule has 178 valence electrons. The highest BCUT2D eigenvalue weighted by molar-refractivity contribution is 7.93. The summed E-state index contributed by atoms with van der Waals surface area (Å²) in [6.07, 6.45) is 0. The smallest absolute Gasteiger partial charge is 0.271 e. The molecule has 2 heterocycles. The highest BCUT2D eigenvalue weighted by Gasteiger charge is 2.61. The van der Waals surface area contributed by atoms with E-state index in [1.165, 1.54) is 35.7 Å². The first-order valence-electron chi connectivity index (χ1n) is 9.49. The largest absolute Gasteiger partial charge is 0.494 e. The molecule has 1 aliphatic heterocycles. The van der Waals surface area contributed by atoms with Crippen molar-refractivity contribution in [1.82, 2.24) is 0 Å². The van der Waals surface area contributed by atoms with Crippen molar-refractivity contribution in [1.29, 1.82) is 5.26 Å². The first-order chi connectivity index (χ1) is 15.3. The number of hydrogen-bond donors (Lipinski definition) is 1. The molecule has 0 saturated heterocycles. The zero-order valence-electron chi connectivity index (χ0n) is 17.6. The number of nitrogens with two attached hydrogens (primary N) is 1. The number of sulfonamides is 1. The number of benzene rings is 2. The predicted octanol–water partition coefficient (Wildman–Crippen LogP) is 3.37. The molecule has 2 amide bonds. The molecular formula is C22H19Cl2N3O5S2. The molecular weight excluding hydrogens is 521 g/mol. The lowest BCUT2D eigenvalue weighted by atomic mass is 9.74. The number of amides is 2. The SMILES string of the molecule is CCOc1ccccc1C1(C(N)=O)C(=O)N(S(=O)(=O)c2ccsc2)c2ccc(C#N)cc21.Cl.Cl. The van der Waals surface area contributed by atoms with E-state index in [4.69, 9.17) is 10.5 Å². The van der Waals surface area contributed by atoms with Gasteiger partial charge in [0.2, 0.25) is 5.91 Å². The number of hydrogen-bond acceptors (Lipinski definition) is 7. The number of halogens is 2. The van der Waals surface area contributed by atoms with Crippen LogP contribution in [0.15, 0.2) is 64.2 Å². The van der Waals surface area contributed by atoms with Crippen LogP contribution in [-0.2, 0) is 25.0 Å². The second-order valence-electron chi connectivity index (χ2n) is 6.92. The monoisotopic (exact) mass is 539 g/mol. The molecule has 0 spiro atoms. The summed E-state index contributed by atoms with van der Waals surface area (Å²) in [6.45, 7) is 1.97. The summed E-state index contributed by atoms with van der Waals surface area (Å²) in [4.78, 5) is 26.9. The van der Waals surface area contributed by atoms with Crippen LogP contribution in [0, 0.1) is 11.3 Å². The van der Waals surface area contributed by atoms with Crippen LogP contribution in [0.3, 0.4) is 0 Å². The van der Waals surface area contributed by atoms with Gasteiger partial charge in [-0.25, -0.2) is 12.7 Å². The fraction of sp³-hybridized carbons (Fsp3) is 0.136. The summed E-state index contributed by atoms with van der Waals surface area (Å²) >= 11 is 1.15. The number of carbonyl (C=O) groups is 2. The van der Waals surface area contributed by atoms with Gasteiger partial charge in [-0.3, -0.25) is 9.59 Å². The molecule has 8 nitrogen and oxygen atoms in total. The second-order valence-corrected chi connectivity index (χ2v) is 9.49. The Morgan fingerprint density at radius 2 is 1.88 bits per heavy atom. The predicted molar refractivity (Wildman–Crippen MR) is 132 cm³/mol. The lowest BCUT2D eigenvalue weighted by molar-refractivity contribution is -0.131. The van der Waals surface area contributed by atoms with E-state index in [0.29, 0.717) is 4.31 Å². The maximum atomic E-state index is 13.9. The van der Waals surface area contributed by atoms with E-state index in [1.54, 1.807) is 30.5 Å². The van der Waals surface area contributed by atoms with E-state index in [2.05, 4.69) is 0 Å². The van der Waals surface area contributed by atoms with Crippen LogP contribution in [0.1, 0.15) is 23.6 Å². The molecule has 0 aliphatic carbocycles. The molecule has 0 fully saturated rings. The van der Waals surface area contributed by atoms with E-state index < -0.39 is 27.3 Å². The number of rotatable bonds is 6. The van der Waals surface area contributed by atoms with E-state index in [9.17, 15) is 23.3 Å². The highest BCUT2D eigenvalue weighted by atomic mass is 35.5. The Balaban J connectivity index is 0.00000204. The Morgan fingerprint density at radius 1 is 1.18 bits per heavy atom. The molecule has 2 aromatic carbocycles. The van der Waals surface area contributed by atoms with Gasteiger partial charge in [0.05, 0.1) is 28.8 Å². The minimum Gasteiger partial charge on any atom is -0.494 e. The van der Waals surface area contributed by atoms with Crippen molar-refractivity contribution >= 4 is 63.7 Å². The van der Waals surface area contributed by atoms with Gasteiger partial charge < -0.3 is 10.5 Å². The number of para-hydroxylation sites is 1. The van der Waals surface area contributed by atoms with Crippen molar-refractivity contribution < 1.29 is 22.7 Å². The summed E-state index contributed by atoms with van der Waals surface area (Å²) in [5.74, 6) is -1.91. The summed E-state index contributed by atoms with van der Waals surface area (Å²) < 4.78 is 33.1. The third-order valence-electron chi connectivity index (χ3n) is 5.25. The number of thiophene rings is 1. The first-order valence-corrected chi connectivity index (χ1v) is 11.9. The molecule has 3 aromatic rings. The minimum absolute atomic E-state index is 0. The Bertz CT molecular complexity index is 1390. The lowest BCUT2D eigenvalue weighted by Crippen LogP contribution is -2.51. The van der Waals surface area contributed by atoms with Gasteiger partial charge in [0, 0.05) is 16.5 Å². The molecule has 12 heteroatoms. The van der Waals surface area contributed by atoms with E-state index in [1.807, 2.05) is 6.07 Å².